The number of carbonyl (C=O) groups excluding carboxylic acids is 1. The van der Waals surface area contributed by atoms with Crippen molar-refractivity contribution in [1.82, 2.24) is 24.6 Å². The van der Waals surface area contributed by atoms with Crippen LogP contribution in [0.1, 0.15) is 16.2 Å². The quantitative estimate of drug-likeness (QED) is 0.672. The van der Waals surface area contributed by atoms with Gasteiger partial charge in [0.2, 0.25) is 0 Å². The van der Waals surface area contributed by atoms with Gasteiger partial charge in [-0.15, -0.1) is 0 Å². The van der Waals surface area contributed by atoms with Crippen LogP contribution in [0.3, 0.4) is 0 Å². The molecular weight excluding hydrogens is 375 g/mol. The molecule has 3 heterocycles. The Kier molecular flexibility index (Phi) is 5.11. The van der Waals surface area contributed by atoms with Gasteiger partial charge in [0.25, 0.3) is 5.91 Å². The van der Waals surface area contributed by atoms with E-state index < -0.39 is 5.82 Å². The van der Waals surface area contributed by atoms with Crippen molar-refractivity contribution >= 4 is 11.7 Å². The normalized spacial score (nSPS) is 14.2. The van der Waals surface area contributed by atoms with E-state index in [1.165, 1.54) is 19.2 Å². The lowest BCUT2D eigenvalue weighted by Gasteiger charge is -2.35. The largest absolute Gasteiger partial charge is 0.494 e. The van der Waals surface area contributed by atoms with E-state index in [1.54, 1.807) is 21.8 Å². The number of amides is 1. The summed E-state index contributed by atoms with van der Waals surface area (Å²) in [6.07, 6.45) is 3.53. The van der Waals surface area contributed by atoms with Gasteiger partial charge in [-0.05, 0) is 31.2 Å². The molecule has 150 valence electrons. The van der Waals surface area contributed by atoms with Crippen LogP contribution < -0.4 is 9.64 Å². The minimum atomic E-state index is -0.542. The molecule has 1 aliphatic heterocycles. The van der Waals surface area contributed by atoms with Gasteiger partial charge in [-0.2, -0.15) is 5.10 Å². The molecule has 0 atom stereocenters. The Balaban J connectivity index is 1.46. The third kappa shape index (κ3) is 3.89. The molecule has 0 bridgehead atoms. The van der Waals surface area contributed by atoms with Crippen molar-refractivity contribution in [2.75, 3.05) is 38.2 Å². The average molecular weight is 396 g/mol. The van der Waals surface area contributed by atoms with E-state index in [0.29, 0.717) is 43.4 Å². The van der Waals surface area contributed by atoms with Crippen LogP contribution in [0.25, 0.3) is 5.82 Å². The molecule has 1 fully saturated rings. The lowest BCUT2D eigenvalue weighted by molar-refractivity contribution is 0.0746. The van der Waals surface area contributed by atoms with Crippen LogP contribution in [0.2, 0.25) is 0 Å². The molecule has 1 amide bonds. The van der Waals surface area contributed by atoms with E-state index in [9.17, 15) is 9.18 Å². The number of piperazine rings is 1. The summed E-state index contributed by atoms with van der Waals surface area (Å²) in [5.74, 6) is 1.54. The number of carbonyl (C=O) groups is 1. The van der Waals surface area contributed by atoms with Gasteiger partial charge in [0.1, 0.15) is 11.6 Å². The van der Waals surface area contributed by atoms with E-state index in [4.69, 9.17) is 4.74 Å². The maximum Gasteiger partial charge on any atom is 0.254 e. The Morgan fingerprint density at radius 2 is 1.86 bits per heavy atom. The van der Waals surface area contributed by atoms with Gasteiger partial charge in [-0.1, -0.05) is 0 Å². The highest BCUT2D eigenvalue weighted by Crippen LogP contribution is 2.21. The predicted octanol–water partition coefficient (Wildman–Crippen LogP) is 2.08. The molecule has 0 aliphatic carbocycles. The first-order chi connectivity index (χ1) is 14.0. The first-order valence-electron chi connectivity index (χ1n) is 9.28. The lowest BCUT2D eigenvalue weighted by Crippen LogP contribution is -2.49. The van der Waals surface area contributed by atoms with Crippen LogP contribution in [-0.4, -0.2) is 63.8 Å². The molecule has 3 aromatic rings. The Bertz CT molecular complexity index is 1020. The summed E-state index contributed by atoms with van der Waals surface area (Å²) in [7, 11) is 1.39. The van der Waals surface area contributed by atoms with E-state index >= 15 is 0 Å². The average Bonchev–Trinajstić information content (AvgIpc) is 3.28. The van der Waals surface area contributed by atoms with Crippen molar-refractivity contribution in [3.63, 3.8) is 0 Å². The lowest BCUT2D eigenvalue weighted by atomic mass is 10.1. The Hall–Kier alpha value is -3.49. The van der Waals surface area contributed by atoms with Crippen LogP contribution in [0.4, 0.5) is 10.2 Å². The number of hydrogen-bond donors (Lipinski definition) is 0. The number of halogens is 1. The molecule has 1 saturated heterocycles. The second-order valence-corrected chi connectivity index (χ2v) is 6.71. The van der Waals surface area contributed by atoms with Crippen molar-refractivity contribution < 1.29 is 13.9 Å². The fourth-order valence-corrected chi connectivity index (χ4v) is 3.34. The van der Waals surface area contributed by atoms with E-state index in [2.05, 4.69) is 20.0 Å². The number of rotatable bonds is 4. The first kappa shape index (κ1) is 18.9. The molecule has 0 spiro atoms. The van der Waals surface area contributed by atoms with Gasteiger partial charge in [0, 0.05) is 50.2 Å². The molecule has 1 aliphatic rings. The van der Waals surface area contributed by atoms with Crippen LogP contribution in [-0.2, 0) is 0 Å². The molecule has 8 nitrogen and oxygen atoms in total. The summed E-state index contributed by atoms with van der Waals surface area (Å²) in [6.45, 7) is 4.13. The maximum absolute atomic E-state index is 13.9. The minimum Gasteiger partial charge on any atom is -0.494 e. The molecule has 9 heteroatoms. The Morgan fingerprint density at radius 3 is 2.52 bits per heavy atom. The Labute approximate surface area is 167 Å². The Morgan fingerprint density at radius 1 is 1.10 bits per heavy atom. The van der Waals surface area contributed by atoms with Gasteiger partial charge in [0.05, 0.1) is 7.11 Å². The molecule has 29 heavy (non-hydrogen) atoms. The smallest absolute Gasteiger partial charge is 0.254 e. The number of anilines is 1. The molecule has 0 N–H and O–H groups in total. The van der Waals surface area contributed by atoms with E-state index in [1.807, 2.05) is 25.3 Å². The van der Waals surface area contributed by atoms with Crippen LogP contribution in [0, 0.1) is 12.7 Å². The fourth-order valence-electron chi connectivity index (χ4n) is 3.34. The predicted molar refractivity (Wildman–Crippen MR) is 105 cm³/mol. The van der Waals surface area contributed by atoms with Crippen molar-refractivity contribution in [3.05, 3.63) is 59.9 Å². The molecule has 2 aromatic heterocycles. The standard InChI is InChI=1S/C20H21FN6O2/c1-14-23-18(13-19(24-14)27-7-3-6-22-27)25-8-10-26(11-9-25)20(28)15-4-5-17(29-2)16(21)12-15/h3-7,12-13H,8-11H2,1-2H3. The summed E-state index contributed by atoms with van der Waals surface area (Å²) in [5, 5.41) is 4.22. The fraction of sp³-hybridized carbons (Fsp3) is 0.300. The number of ether oxygens (including phenoxy) is 1. The SMILES string of the molecule is COc1ccc(C(=O)N2CCN(c3cc(-n4cccn4)nc(C)n3)CC2)cc1F. The van der Waals surface area contributed by atoms with Gasteiger partial charge in [-0.3, -0.25) is 4.79 Å². The van der Waals surface area contributed by atoms with Crippen LogP contribution in [0.5, 0.6) is 5.75 Å². The zero-order chi connectivity index (χ0) is 20.4. The molecule has 0 saturated carbocycles. The first-order valence-corrected chi connectivity index (χ1v) is 9.28. The van der Waals surface area contributed by atoms with Crippen LogP contribution >= 0.6 is 0 Å². The number of methoxy groups -OCH3 is 1. The summed E-state index contributed by atoms with van der Waals surface area (Å²) in [6, 6.07) is 8.00. The summed E-state index contributed by atoms with van der Waals surface area (Å²) in [4.78, 5) is 25.5. The highest BCUT2D eigenvalue weighted by Gasteiger charge is 2.24. The van der Waals surface area contributed by atoms with Crippen molar-refractivity contribution in [1.29, 1.82) is 0 Å². The third-order valence-electron chi connectivity index (χ3n) is 4.84. The number of aryl methyl sites for hydroxylation is 1. The molecule has 1 aromatic carbocycles. The molecule has 0 unspecified atom stereocenters. The molecule has 0 radical (unpaired) electrons. The van der Waals surface area contributed by atoms with Gasteiger partial charge in [0.15, 0.2) is 17.4 Å². The zero-order valence-corrected chi connectivity index (χ0v) is 16.2. The van der Waals surface area contributed by atoms with Crippen molar-refractivity contribution in [3.8, 4) is 11.6 Å². The van der Waals surface area contributed by atoms with E-state index in [0.717, 1.165) is 5.82 Å². The van der Waals surface area contributed by atoms with Gasteiger partial charge < -0.3 is 14.5 Å². The number of hydrogen-bond acceptors (Lipinski definition) is 6. The molecule has 4 rings (SSSR count). The number of aromatic nitrogens is 4. The summed E-state index contributed by atoms with van der Waals surface area (Å²) >= 11 is 0. The van der Waals surface area contributed by atoms with Crippen LogP contribution in [0.15, 0.2) is 42.7 Å². The number of benzene rings is 1. The topological polar surface area (TPSA) is 76.4 Å². The van der Waals surface area contributed by atoms with Gasteiger partial charge in [-0.25, -0.2) is 19.0 Å². The minimum absolute atomic E-state index is 0.124. The second kappa shape index (κ2) is 7.86. The highest BCUT2D eigenvalue weighted by atomic mass is 19.1. The highest BCUT2D eigenvalue weighted by molar-refractivity contribution is 5.94. The second-order valence-electron chi connectivity index (χ2n) is 6.71. The van der Waals surface area contributed by atoms with Crippen molar-refractivity contribution in [2.45, 2.75) is 6.92 Å². The summed E-state index contributed by atoms with van der Waals surface area (Å²) in [5.41, 5.74) is 0.315. The third-order valence-corrected chi connectivity index (χ3v) is 4.84. The zero-order valence-electron chi connectivity index (χ0n) is 16.2. The summed E-state index contributed by atoms with van der Waals surface area (Å²) < 4.78 is 20.5. The monoisotopic (exact) mass is 396 g/mol. The van der Waals surface area contributed by atoms with Crippen molar-refractivity contribution in [2.24, 2.45) is 0 Å². The molecular formula is C20H21FN6O2. The maximum atomic E-state index is 13.9. The number of nitrogens with zero attached hydrogens (tertiary/aromatic N) is 6. The van der Waals surface area contributed by atoms with Gasteiger partial charge >= 0.3 is 0 Å². The van der Waals surface area contributed by atoms with E-state index in [-0.39, 0.29) is 11.7 Å².